The number of anilines is 3. The molecule has 0 spiro atoms. The lowest BCUT2D eigenvalue weighted by atomic mass is 9.91. The van der Waals surface area contributed by atoms with Crippen LogP contribution in [0.25, 0.3) is 32.1 Å². The summed E-state index contributed by atoms with van der Waals surface area (Å²) in [5.74, 6) is -2.82. The van der Waals surface area contributed by atoms with Crippen LogP contribution >= 0.6 is 11.3 Å². The van der Waals surface area contributed by atoms with Crippen LogP contribution in [0.2, 0.25) is 0 Å². The molecular formula is C29H22F5N7O2S. The third-order valence-electron chi connectivity index (χ3n) is 7.52. The fourth-order valence-electron chi connectivity index (χ4n) is 5.57. The molecular weight excluding hydrogens is 605 g/mol. The number of rotatable bonds is 4. The number of nitrogen functional groups attached to an aromatic ring is 2. The standard InChI is InChI=1S/C29H22F5N7O2S/c1-11-8-14(25(36)38-10-11)12(2)41-6-7-43-23-19-22(39-28(42-3)40-27(19)41)21(31)18(20(23)29(32,33)34)13-4-5-16(30)24-17(13)15(9-35)26(37)44-24/h4-5,8,10,12H,6-7,37H2,1-3H3,(H2,36,38). The Morgan fingerprint density at radius 3 is 2.61 bits per heavy atom. The van der Waals surface area contributed by atoms with E-state index >= 15 is 17.6 Å². The van der Waals surface area contributed by atoms with Gasteiger partial charge < -0.3 is 25.8 Å². The quantitative estimate of drug-likeness (QED) is 0.214. The van der Waals surface area contributed by atoms with Crippen molar-refractivity contribution in [1.29, 1.82) is 5.26 Å². The van der Waals surface area contributed by atoms with Crippen LogP contribution in [0.15, 0.2) is 24.4 Å². The van der Waals surface area contributed by atoms with Gasteiger partial charge >= 0.3 is 12.2 Å². The van der Waals surface area contributed by atoms with Gasteiger partial charge in [0.2, 0.25) is 0 Å². The molecule has 4 heterocycles. The summed E-state index contributed by atoms with van der Waals surface area (Å²) in [5, 5.41) is 9.04. The van der Waals surface area contributed by atoms with Gasteiger partial charge in [-0.2, -0.15) is 28.4 Å². The molecule has 1 aliphatic heterocycles. The van der Waals surface area contributed by atoms with Gasteiger partial charge in [0.25, 0.3) is 0 Å². The first-order chi connectivity index (χ1) is 20.9. The largest absolute Gasteiger partial charge is 0.490 e. The molecule has 6 rings (SSSR count). The molecule has 0 aliphatic carbocycles. The molecule has 0 radical (unpaired) electrons. The molecule has 1 aliphatic rings. The van der Waals surface area contributed by atoms with Crippen LogP contribution < -0.4 is 25.8 Å². The van der Waals surface area contributed by atoms with Gasteiger partial charge in [0, 0.05) is 22.7 Å². The molecule has 0 saturated heterocycles. The number of methoxy groups -OCH3 is 1. The smallest absolute Gasteiger partial charge is 0.420 e. The highest BCUT2D eigenvalue weighted by Crippen LogP contribution is 2.53. The second kappa shape index (κ2) is 10.3. The molecule has 2 aromatic carbocycles. The zero-order chi connectivity index (χ0) is 31.7. The van der Waals surface area contributed by atoms with E-state index in [0.29, 0.717) is 16.9 Å². The van der Waals surface area contributed by atoms with E-state index in [2.05, 4.69) is 15.0 Å². The van der Waals surface area contributed by atoms with E-state index < -0.39 is 51.8 Å². The maximum Gasteiger partial charge on any atom is 0.420 e. The van der Waals surface area contributed by atoms with Crippen molar-refractivity contribution in [2.75, 3.05) is 36.6 Å². The summed E-state index contributed by atoms with van der Waals surface area (Å²) in [6.07, 6.45) is -3.60. The van der Waals surface area contributed by atoms with Gasteiger partial charge in [-0.05, 0) is 37.1 Å². The second-order valence-corrected chi connectivity index (χ2v) is 11.2. The summed E-state index contributed by atoms with van der Waals surface area (Å²) in [7, 11) is 1.23. The number of aryl methyl sites for hydroxylation is 1. The zero-order valence-electron chi connectivity index (χ0n) is 23.3. The Morgan fingerprint density at radius 2 is 1.93 bits per heavy atom. The Hall–Kier alpha value is -4.97. The van der Waals surface area contributed by atoms with Crippen molar-refractivity contribution in [3.63, 3.8) is 0 Å². The molecule has 5 aromatic rings. The fraction of sp³-hybridized carbons (Fsp3) is 0.241. The van der Waals surface area contributed by atoms with Crippen LogP contribution in [-0.2, 0) is 6.18 Å². The van der Waals surface area contributed by atoms with Crippen LogP contribution in [-0.4, -0.2) is 35.2 Å². The molecule has 44 heavy (non-hydrogen) atoms. The first kappa shape index (κ1) is 29.1. The van der Waals surface area contributed by atoms with Crippen molar-refractivity contribution in [1.82, 2.24) is 15.0 Å². The molecule has 15 heteroatoms. The normalized spacial score (nSPS) is 13.9. The molecule has 1 atom stereocenters. The van der Waals surface area contributed by atoms with Gasteiger partial charge in [-0.3, -0.25) is 0 Å². The van der Waals surface area contributed by atoms with E-state index in [1.165, 1.54) is 7.11 Å². The molecule has 1 unspecified atom stereocenters. The highest BCUT2D eigenvalue weighted by Gasteiger charge is 2.44. The van der Waals surface area contributed by atoms with Crippen molar-refractivity contribution in [3.8, 4) is 29.0 Å². The number of nitriles is 1. The van der Waals surface area contributed by atoms with Crippen molar-refractivity contribution < 1.29 is 31.4 Å². The number of halogens is 5. The van der Waals surface area contributed by atoms with Gasteiger partial charge in [-0.1, -0.05) is 6.07 Å². The summed E-state index contributed by atoms with van der Waals surface area (Å²) < 4.78 is 87.7. The summed E-state index contributed by atoms with van der Waals surface area (Å²) in [5.41, 5.74) is 9.81. The molecule has 9 nitrogen and oxygen atoms in total. The molecule has 226 valence electrons. The lowest BCUT2D eigenvalue weighted by Gasteiger charge is -2.30. The van der Waals surface area contributed by atoms with E-state index in [0.717, 1.165) is 17.7 Å². The highest BCUT2D eigenvalue weighted by atomic mass is 32.1. The molecule has 0 amide bonds. The first-order valence-electron chi connectivity index (χ1n) is 13.1. The van der Waals surface area contributed by atoms with E-state index in [1.807, 2.05) is 6.92 Å². The molecule has 0 bridgehead atoms. The molecule has 4 N–H and O–H groups in total. The molecule has 0 fully saturated rings. The number of aromatic nitrogens is 3. The lowest BCUT2D eigenvalue weighted by molar-refractivity contribution is -0.138. The van der Waals surface area contributed by atoms with Gasteiger partial charge in [0.05, 0.1) is 35.3 Å². The van der Waals surface area contributed by atoms with Gasteiger partial charge in [0.15, 0.2) is 5.82 Å². The van der Waals surface area contributed by atoms with E-state index in [9.17, 15) is 9.65 Å². The van der Waals surface area contributed by atoms with Crippen molar-refractivity contribution in [2.45, 2.75) is 26.1 Å². The minimum absolute atomic E-state index is 0.0210. The van der Waals surface area contributed by atoms with Crippen molar-refractivity contribution >= 4 is 49.0 Å². The van der Waals surface area contributed by atoms with Crippen molar-refractivity contribution in [2.24, 2.45) is 0 Å². The number of hydrogen-bond donors (Lipinski definition) is 2. The van der Waals surface area contributed by atoms with E-state index in [1.54, 1.807) is 30.2 Å². The predicted octanol–water partition coefficient (Wildman–Crippen LogP) is 6.52. The van der Waals surface area contributed by atoms with Gasteiger partial charge in [0.1, 0.15) is 52.0 Å². The fourth-order valence-corrected chi connectivity index (χ4v) is 6.52. The maximum atomic E-state index is 16.8. The van der Waals surface area contributed by atoms with Crippen LogP contribution in [0.5, 0.6) is 11.8 Å². The molecule has 0 saturated carbocycles. The third kappa shape index (κ3) is 4.36. The number of nitrogens with two attached hydrogens (primary N) is 2. The molecule has 3 aromatic heterocycles. The lowest BCUT2D eigenvalue weighted by Crippen LogP contribution is -2.31. The van der Waals surface area contributed by atoms with E-state index in [-0.39, 0.29) is 56.8 Å². The average Bonchev–Trinajstić information content (AvgIpc) is 3.21. The zero-order valence-corrected chi connectivity index (χ0v) is 24.1. The number of ether oxygens (including phenoxy) is 2. The van der Waals surface area contributed by atoms with Crippen LogP contribution in [0.1, 0.15) is 35.2 Å². The number of benzene rings is 2. The minimum Gasteiger partial charge on any atom is -0.490 e. The predicted molar refractivity (Wildman–Crippen MR) is 156 cm³/mol. The van der Waals surface area contributed by atoms with Crippen molar-refractivity contribution in [3.05, 3.63) is 58.3 Å². The number of alkyl halides is 3. The highest BCUT2D eigenvalue weighted by molar-refractivity contribution is 7.23. The van der Waals surface area contributed by atoms with Gasteiger partial charge in [-0.25, -0.2) is 13.8 Å². The Bertz CT molecular complexity index is 2040. The Labute approximate surface area is 250 Å². The Balaban J connectivity index is 1.75. The summed E-state index contributed by atoms with van der Waals surface area (Å²) in [4.78, 5) is 14.3. The van der Waals surface area contributed by atoms with Gasteiger partial charge in [-0.15, -0.1) is 11.3 Å². The minimum atomic E-state index is -5.18. The summed E-state index contributed by atoms with van der Waals surface area (Å²) in [6, 6.07) is 4.56. The average molecular weight is 628 g/mol. The topological polar surface area (TPSA) is 136 Å². The number of hydrogen-bond acceptors (Lipinski definition) is 10. The summed E-state index contributed by atoms with van der Waals surface area (Å²) in [6.45, 7) is 3.33. The Kier molecular flexibility index (Phi) is 6.84. The van der Waals surface area contributed by atoms with Crippen LogP contribution in [0.4, 0.5) is 38.6 Å². The SMILES string of the molecule is COc1nc2c3c(c(C(F)(F)F)c(-c4ccc(F)c5sc(N)c(C#N)c45)c(F)c3n1)OCCN2C(C)c1cc(C)cnc1N. The number of pyridine rings is 1. The number of thiophene rings is 1. The van der Waals surface area contributed by atoms with Crippen LogP contribution in [0.3, 0.4) is 0 Å². The van der Waals surface area contributed by atoms with E-state index in [4.69, 9.17) is 20.9 Å². The number of nitrogens with zero attached hydrogens (tertiary/aromatic N) is 5. The first-order valence-corrected chi connectivity index (χ1v) is 13.9. The second-order valence-electron chi connectivity index (χ2n) is 10.1. The Morgan fingerprint density at radius 1 is 1.18 bits per heavy atom. The number of fused-ring (bicyclic) bond motifs is 1. The third-order valence-corrected chi connectivity index (χ3v) is 8.55. The summed E-state index contributed by atoms with van der Waals surface area (Å²) >= 11 is 0.676. The monoisotopic (exact) mass is 627 g/mol. The maximum absolute atomic E-state index is 16.8. The van der Waals surface area contributed by atoms with Crippen LogP contribution in [0, 0.1) is 29.9 Å².